The van der Waals surface area contributed by atoms with Gasteiger partial charge >= 0.3 is 0 Å². The highest BCUT2D eigenvalue weighted by Crippen LogP contribution is 1.77. The third-order valence-corrected chi connectivity index (χ3v) is 0.899. The summed E-state index contributed by atoms with van der Waals surface area (Å²) in [5.74, 6) is 0.847. The summed E-state index contributed by atoms with van der Waals surface area (Å²) in [6.45, 7) is 1.85. The Bertz CT molecular complexity index is 104. The van der Waals surface area contributed by atoms with Crippen molar-refractivity contribution in [1.29, 1.82) is 5.41 Å². The number of hydrogen-bond acceptors (Lipinski definition) is 1. The fourth-order valence-electron chi connectivity index (χ4n) is 0.209. The molecule has 0 bridgehead atoms. The molecule has 8 heavy (non-hydrogen) atoms. The largest absolute Gasteiger partial charge is 0.366 e. The molecule has 0 rings (SSSR count). The molecule has 0 spiro atoms. The Kier molecular flexibility index (Phi) is 2.84. The molecule has 0 aliphatic carbocycles. The van der Waals surface area contributed by atoms with E-state index in [1.807, 2.05) is 25.9 Å². The summed E-state index contributed by atoms with van der Waals surface area (Å²) >= 11 is 0. The van der Waals surface area contributed by atoms with Crippen LogP contribution in [0.25, 0.3) is 0 Å². The lowest BCUT2D eigenvalue weighted by atomic mass is 10.6. The first kappa shape index (κ1) is 7.14. The quantitative estimate of drug-likeness (QED) is 0.392. The van der Waals surface area contributed by atoms with Gasteiger partial charge in [0, 0.05) is 14.1 Å². The van der Waals surface area contributed by atoms with Crippen LogP contribution in [0, 0.1) is 5.41 Å². The van der Waals surface area contributed by atoms with Crippen LogP contribution in [0.15, 0.2) is 4.99 Å². The molecule has 0 saturated carbocycles. The molecule has 0 radical (unpaired) electrons. The molecule has 46 valence electrons. The standard InChI is InChI=1S/C5H11N3/c1-5(7-4-6)8(2)3/h4,6H,1-3H3/b6-4?,7-5-. The Morgan fingerprint density at radius 2 is 2.12 bits per heavy atom. The molecule has 0 aromatic heterocycles. The van der Waals surface area contributed by atoms with E-state index in [1.54, 1.807) is 0 Å². The van der Waals surface area contributed by atoms with Gasteiger partial charge in [0.2, 0.25) is 0 Å². The highest BCUT2D eigenvalue weighted by atomic mass is 15.1. The van der Waals surface area contributed by atoms with Crippen LogP contribution in [0.2, 0.25) is 0 Å². The molecule has 3 nitrogen and oxygen atoms in total. The van der Waals surface area contributed by atoms with Crippen molar-refractivity contribution in [2.24, 2.45) is 4.99 Å². The molecule has 0 amide bonds. The second-order valence-corrected chi connectivity index (χ2v) is 1.70. The molecule has 1 N–H and O–H groups in total. The lowest BCUT2D eigenvalue weighted by molar-refractivity contribution is 0.620. The molecule has 0 fully saturated rings. The van der Waals surface area contributed by atoms with E-state index in [0.717, 1.165) is 12.2 Å². The zero-order valence-electron chi connectivity index (χ0n) is 5.47. The Hall–Kier alpha value is -0.860. The van der Waals surface area contributed by atoms with E-state index in [-0.39, 0.29) is 0 Å². The minimum Gasteiger partial charge on any atom is -0.366 e. The van der Waals surface area contributed by atoms with Crippen LogP contribution in [0.5, 0.6) is 0 Å². The van der Waals surface area contributed by atoms with E-state index in [4.69, 9.17) is 5.41 Å². The molecule has 3 heteroatoms. The zero-order chi connectivity index (χ0) is 6.57. The number of aliphatic imine (C=N–C) groups is 1. The van der Waals surface area contributed by atoms with E-state index >= 15 is 0 Å². The Labute approximate surface area is 49.5 Å². The fourth-order valence-corrected chi connectivity index (χ4v) is 0.209. The smallest absolute Gasteiger partial charge is 0.109 e. The summed E-state index contributed by atoms with van der Waals surface area (Å²) in [6, 6.07) is 0. The third kappa shape index (κ3) is 2.34. The number of hydrogen-bond donors (Lipinski definition) is 1. The molecular weight excluding hydrogens is 102 g/mol. The molecule has 0 aliphatic rings. The lowest BCUT2D eigenvalue weighted by Crippen LogP contribution is -2.18. The zero-order valence-corrected chi connectivity index (χ0v) is 5.47. The van der Waals surface area contributed by atoms with Gasteiger partial charge in [-0.3, -0.25) is 5.41 Å². The van der Waals surface area contributed by atoms with Crippen molar-refractivity contribution in [1.82, 2.24) is 4.90 Å². The molecule has 0 aliphatic heterocycles. The Morgan fingerprint density at radius 1 is 1.62 bits per heavy atom. The summed E-state index contributed by atoms with van der Waals surface area (Å²) in [5.41, 5.74) is 0. The molecule has 0 saturated heterocycles. The Morgan fingerprint density at radius 3 is 2.25 bits per heavy atom. The van der Waals surface area contributed by atoms with Gasteiger partial charge in [-0.25, -0.2) is 4.99 Å². The van der Waals surface area contributed by atoms with E-state index < -0.39 is 0 Å². The highest BCUT2D eigenvalue weighted by molar-refractivity contribution is 5.85. The van der Waals surface area contributed by atoms with E-state index in [9.17, 15) is 0 Å². The average molecular weight is 113 g/mol. The first-order chi connectivity index (χ1) is 3.68. The van der Waals surface area contributed by atoms with Crippen LogP contribution in [0.4, 0.5) is 0 Å². The number of rotatable bonds is 1. The lowest BCUT2D eigenvalue weighted by Gasteiger charge is -2.08. The monoisotopic (exact) mass is 113 g/mol. The maximum absolute atomic E-state index is 6.59. The van der Waals surface area contributed by atoms with Gasteiger partial charge in [-0.05, 0) is 6.92 Å². The second-order valence-electron chi connectivity index (χ2n) is 1.70. The molecule has 0 unspecified atom stereocenters. The van der Waals surface area contributed by atoms with Crippen molar-refractivity contribution in [3.63, 3.8) is 0 Å². The van der Waals surface area contributed by atoms with Crippen LogP contribution in [0.1, 0.15) is 6.92 Å². The minimum absolute atomic E-state index is 0.847. The van der Waals surface area contributed by atoms with Gasteiger partial charge < -0.3 is 4.90 Å². The normalized spacial score (nSPS) is 11.1. The summed E-state index contributed by atoms with van der Waals surface area (Å²) < 4.78 is 0. The molecule has 0 heterocycles. The molecule has 0 atom stereocenters. The average Bonchev–Trinajstić information content (AvgIpc) is 1.67. The first-order valence-electron chi connectivity index (χ1n) is 2.39. The maximum atomic E-state index is 6.59. The predicted molar refractivity (Wildman–Crippen MR) is 35.6 cm³/mol. The summed E-state index contributed by atoms with van der Waals surface area (Å²) in [5, 5.41) is 6.59. The van der Waals surface area contributed by atoms with Crippen LogP contribution < -0.4 is 0 Å². The minimum atomic E-state index is 0.847. The fraction of sp³-hybridized carbons (Fsp3) is 0.600. The van der Waals surface area contributed by atoms with Crippen LogP contribution >= 0.6 is 0 Å². The second kappa shape index (κ2) is 3.18. The Balaban J connectivity index is 3.78. The van der Waals surface area contributed by atoms with Crippen molar-refractivity contribution in [3.8, 4) is 0 Å². The van der Waals surface area contributed by atoms with Crippen molar-refractivity contribution < 1.29 is 0 Å². The van der Waals surface area contributed by atoms with Gasteiger partial charge in [-0.2, -0.15) is 0 Å². The number of amidine groups is 1. The van der Waals surface area contributed by atoms with Gasteiger partial charge in [0.25, 0.3) is 0 Å². The first-order valence-corrected chi connectivity index (χ1v) is 2.39. The van der Waals surface area contributed by atoms with Gasteiger partial charge in [0.1, 0.15) is 12.2 Å². The summed E-state index contributed by atoms with van der Waals surface area (Å²) in [7, 11) is 3.78. The topological polar surface area (TPSA) is 39.5 Å². The van der Waals surface area contributed by atoms with Crippen LogP contribution in [-0.2, 0) is 0 Å². The van der Waals surface area contributed by atoms with E-state index in [2.05, 4.69) is 4.99 Å². The summed E-state index contributed by atoms with van der Waals surface area (Å²) in [4.78, 5) is 5.56. The predicted octanol–water partition coefficient (Wildman–Crippen LogP) is 0.573. The third-order valence-electron chi connectivity index (χ3n) is 0.899. The van der Waals surface area contributed by atoms with Crippen LogP contribution in [-0.4, -0.2) is 31.2 Å². The molecule has 0 aromatic carbocycles. The van der Waals surface area contributed by atoms with Gasteiger partial charge in [0.05, 0.1) is 0 Å². The van der Waals surface area contributed by atoms with E-state index in [0.29, 0.717) is 0 Å². The van der Waals surface area contributed by atoms with Crippen LogP contribution in [0.3, 0.4) is 0 Å². The van der Waals surface area contributed by atoms with E-state index in [1.165, 1.54) is 0 Å². The van der Waals surface area contributed by atoms with Crippen molar-refractivity contribution in [3.05, 3.63) is 0 Å². The molecular formula is C5H11N3. The highest BCUT2D eigenvalue weighted by Gasteiger charge is 1.86. The van der Waals surface area contributed by atoms with Gasteiger partial charge in [-0.15, -0.1) is 0 Å². The van der Waals surface area contributed by atoms with Crippen molar-refractivity contribution in [2.75, 3.05) is 14.1 Å². The van der Waals surface area contributed by atoms with Gasteiger partial charge in [0.15, 0.2) is 0 Å². The van der Waals surface area contributed by atoms with Gasteiger partial charge in [-0.1, -0.05) is 0 Å². The van der Waals surface area contributed by atoms with Crippen molar-refractivity contribution in [2.45, 2.75) is 6.92 Å². The maximum Gasteiger partial charge on any atom is 0.109 e. The summed E-state index contributed by atoms with van der Waals surface area (Å²) in [6.07, 6.45) is 1.04. The van der Waals surface area contributed by atoms with Crippen molar-refractivity contribution >= 4 is 12.2 Å². The number of nitrogens with one attached hydrogen (secondary N) is 1. The SMILES string of the molecule is C/C(=N/C=N)N(C)C. The number of nitrogens with zero attached hydrogens (tertiary/aromatic N) is 2. The molecule has 0 aromatic rings.